The lowest BCUT2D eigenvalue weighted by Gasteiger charge is -2.34. The van der Waals surface area contributed by atoms with Crippen molar-refractivity contribution in [3.05, 3.63) is 11.1 Å². The Balaban J connectivity index is 1.42. The standard InChI is InChI=1S/C17H29N5OS/c1-3-16(23)22-9-7-21(8-10-22)12-14-13-24-17(19-14)18-11-15-5-4-6-20(15)2/h13,15H,3-12H2,1-2H3,(H,18,19). The molecule has 24 heavy (non-hydrogen) atoms. The number of thiazole rings is 1. The molecule has 1 unspecified atom stereocenters. The Bertz CT molecular complexity index is 541. The van der Waals surface area contributed by atoms with E-state index in [1.807, 2.05) is 11.8 Å². The second-order valence-corrected chi connectivity index (χ2v) is 7.67. The Hall–Kier alpha value is -1.18. The summed E-state index contributed by atoms with van der Waals surface area (Å²) in [7, 11) is 2.20. The Morgan fingerprint density at radius 1 is 1.33 bits per heavy atom. The number of aromatic nitrogens is 1. The average molecular weight is 352 g/mol. The molecular formula is C17H29N5OS. The van der Waals surface area contributed by atoms with E-state index in [1.165, 1.54) is 19.4 Å². The fourth-order valence-electron chi connectivity index (χ4n) is 3.51. The van der Waals surface area contributed by atoms with E-state index in [4.69, 9.17) is 4.98 Å². The summed E-state index contributed by atoms with van der Waals surface area (Å²) >= 11 is 1.70. The van der Waals surface area contributed by atoms with Gasteiger partial charge in [-0.05, 0) is 26.4 Å². The fourth-order valence-corrected chi connectivity index (χ4v) is 4.22. The summed E-state index contributed by atoms with van der Waals surface area (Å²) in [4.78, 5) is 23.2. The molecule has 2 fully saturated rings. The van der Waals surface area contributed by atoms with Crippen molar-refractivity contribution in [2.45, 2.75) is 38.8 Å². The van der Waals surface area contributed by atoms with Crippen LogP contribution < -0.4 is 5.32 Å². The van der Waals surface area contributed by atoms with Crippen LogP contribution in [0.25, 0.3) is 0 Å². The summed E-state index contributed by atoms with van der Waals surface area (Å²) < 4.78 is 0. The van der Waals surface area contributed by atoms with E-state index in [1.54, 1.807) is 11.3 Å². The first kappa shape index (κ1) is 17.6. The molecule has 0 radical (unpaired) electrons. The maximum Gasteiger partial charge on any atom is 0.222 e. The van der Waals surface area contributed by atoms with Gasteiger partial charge in [0.25, 0.3) is 0 Å². The highest BCUT2D eigenvalue weighted by Gasteiger charge is 2.22. The van der Waals surface area contributed by atoms with E-state index in [2.05, 4.69) is 27.5 Å². The molecule has 0 aliphatic carbocycles. The van der Waals surface area contributed by atoms with Crippen molar-refractivity contribution in [1.29, 1.82) is 0 Å². The van der Waals surface area contributed by atoms with E-state index in [0.29, 0.717) is 12.5 Å². The van der Waals surface area contributed by atoms with Gasteiger partial charge in [-0.3, -0.25) is 9.69 Å². The molecule has 0 spiro atoms. The second-order valence-electron chi connectivity index (χ2n) is 6.81. The van der Waals surface area contributed by atoms with Crippen LogP contribution in [0.2, 0.25) is 0 Å². The van der Waals surface area contributed by atoms with Crippen molar-refractivity contribution in [3.63, 3.8) is 0 Å². The van der Waals surface area contributed by atoms with Crippen LogP contribution in [0, 0.1) is 0 Å². The smallest absolute Gasteiger partial charge is 0.222 e. The summed E-state index contributed by atoms with van der Waals surface area (Å²) in [6, 6.07) is 0.640. The van der Waals surface area contributed by atoms with Crippen molar-refractivity contribution in [3.8, 4) is 0 Å². The van der Waals surface area contributed by atoms with Gasteiger partial charge in [0.2, 0.25) is 5.91 Å². The van der Waals surface area contributed by atoms with Crippen molar-refractivity contribution in [2.24, 2.45) is 0 Å². The highest BCUT2D eigenvalue weighted by atomic mass is 32.1. The third-order valence-corrected chi connectivity index (χ3v) is 5.97. The molecule has 1 amide bonds. The summed E-state index contributed by atoms with van der Waals surface area (Å²) in [5, 5.41) is 6.69. The Kier molecular flexibility index (Phi) is 6.08. The average Bonchev–Trinajstić information content (AvgIpc) is 3.21. The second kappa shape index (κ2) is 8.27. The Morgan fingerprint density at radius 2 is 2.12 bits per heavy atom. The molecule has 3 rings (SSSR count). The number of nitrogens with one attached hydrogen (secondary N) is 1. The SMILES string of the molecule is CCC(=O)N1CCN(Cc2csc(NCC3CCCN3C)n2)CC1. The van der Waals surface area contributed by atoms with Crippen LogP contribution in [0.4, 0.5) is 5.13 Å². The summed E-state index contributed by atoms with van der Waals surface area (Å²) in [5.41, 5.74) is 1.14. The lowest BCUT2D eigenvalue weighted by molar-refractivity contribution is -0.132. The van der Waals surface area contributed by atoms with Gasteiger partial charge in [-0.15, -0.1) is 11.3 Å². The third-order valence-electron chi connectivity index (χ3n) is 5.13. The number of likely N-dealkylation sites (N-methyl/N-ethyl adjacent to an activating group) is 1. The van der Waals surface area contributed by atoms with Crippen LogP contribution in [0.3, 0.4) is 0 Å². The van der Waals surface area contributed by atoms with Crippen molar-refractivity contribution in [2.75, 3.05) is 51.6 Å². The highest BCUT2D eigenvalue weighted by molar-refractivity contribution is 7.13. The molecule has 0 aromatic carbocycles. The summed E-state index contributed by atoms with van der Waals surface area (Å²) in [5.74, 6) is 0.270. The largest absolute Gasteiger partial charge is 0.360 e. The quantitative estimate of drug-likeness (QED) is 0.845. The van der Waals surface area contributed by atoms with Crippen LogP contribution in [-0.4, -0.2) is 77.9 Å². The van der Waals surface area contributed by atoms with Crippen LogP contribution in [0.5, 0.6) is 0 Å². The maximum absolute atomic E-state index is 11.7. The molecule has 2 aliphatic rings. The van der Waals surface area contributed by atoms with E-state index in [-0.39, 0.29) is 5.91 Å². The van der Waals surface area contributed by atoms with Crippen molar-refractivity contribution >= 4 is 22.4 Å². The van der Waals surface area contributed by atoms with Crippen LogP contribution in [0.15, 0.2) is 5.38 Å². The van der Waals surface area contributed by atoms with Gasteiger partial charge in [0.1, 0.15) is 0 Å². The maximum atomic E-state index is 11.7. The molecule has 3 heterocycles. The predicted octanol–water partition coefficient (Wildman–Crippen LogP) is 1.70. The van der Waals surface area contributed by atoms with E-state index >= 15 is 0 Å². The van der Waals surface area contributed by atoms with Gasteiger partial charge in [-0.25, -0.2) is 4.98 Å². The van der Waals surface area contributed by atoms with Crippen molar-refractivity contribution in [1.82, 2.24) is 19.7 Å². The lowest BCUT2D eigenvalue weighted by Crippen LogP contribution is -2.48. The lowest BCUT2D eigenvalue weighted by atomic mass is 10.2. The molecule has 134 valence electrons. The molecule has 1 N–H and O–H groups in total. The first-order valence-corrected chi connectivity index (χ1v) is 9.92. The van der Waals surface area contributed by atoms with Gasteiger partial charge in [-0.2, -0.15) is 0 Å². The van der Waals surface area contributed by atoms with Gasteiger partial charge < -0.3 is 15.1 Å². The molecule has 0 bridgehead atoms. The van der Waals surface area contributed by atoms with Gasteiger partial charge in [0.15, 0.2) is 5.13 Å². The van der Waals surface area contributed by atoms with Crippen LogP contribution >= 0.6 is 11.3 Å². The van der Waals surface area contributed by atoms with Crippen molar-refractivity contribution < 1.29 is 4.79 Å². The number of piperazine rings is 1. The normalized spacial score (nSPS) is 22.9. The first-order valence-electron chi connectivity index (χ1n) is 9.04. The van der Waals surface area contributed by atoms with E-state index in [9.17, 15) is 4.79 Å². The number of carbonyl (C=O) groups is 1. The summed E-state index contributed by atoms with van der Waals surface area (Å²) in [6.07, 6.45) is 3.19. The number of hydrogen-bond acceptors (Lipinski definition) is 6. The van der Waals surface area contributed by atoms with Crippen LogP contribution in [-0.2, 0) is 11.3 Å². The van der Waals surface area contributed by atoms with Gasteiger partial charge in [0, 0.05) is 57.1 Å². The predicted molar refractivity (Wildman–Crippen MR) is 98.4 cm³/mol. The monoisotopic (exact) mass is 351 g/mol. The molecule has 6 nitrogen and oxygen atoms in total. The number of nitrogens with zero attached hydrogens (tertiary/aromatic N) is 4. The van der Waals surface area contributed by atoms with Gasteiger partial charge in [0.05, 0.1) is 5.69 Å². The summed E-state index contributed by atoms with van der Waals surface area (Å²) in [6.45, 7) is 8.59. The van der Waals surface area contributed by atoms with E-state index in [0.717, 1.165) is 50.1 Å². The molecule has 1 atom stereocenters. The highest BCUT2D eigenvalue weighted by Crippen LogP contribution is 2.20. The Morgan fingerprint density at radius 3 is 2.79 bits per heavy atom. The zero-order chi connectivity index (χ0) is 16.9. The third kappa shape index (κ3) is 4.46. The number of likely N-dealkylation sites (tertiary alicyclic amines) is 1. The number of rotatable bonds is 6. The minimum atomic E-state index is 0.270. The Labute approximate surface area is 148 Å². The van der Waals surface area contributed by atoms with Crippen LogP contribution in [0.1, 0.15) is 31.9 Å². The minimum absolute atomic E-state index is 0.270. The fraction of sp³-hybridized carbons (Fsp3) is 0.765. The molecule has 0 saturated carbocycles. The molecular weight excluding hydrogens is 322 g/mol. The first-order chi connectivity index (χ1) is 11.7. The van der Waals surface area contributed by atoms with Gasteiger partial charge >= 0.3 is 0 Å². The molecule has 2 saturated heterocycles. The zero-order valence-corrected chi connectivity index (χ0v) is 15.6. The van der Waals surface area contributed by atoms with E-state index < -0.39 is 0 Å². The molecule has 1 aromatic rings. The molecule has 7 heteroatoms. The number of amides is 1. The number of anilines is 1. The number of carbonyl (C=O) groups excluding carboxylic acids is 1. The van der Waals surface area contributed by atoms with Gasteiger partial charge in [-0.1, -0.05) is 6.92 Å². The molecule has 2 aliphatic heterocycles. The topological polar surface area (TPSA) is 51.7 Å². The molecule has 1 aromatic heterocycles. The number of hydrogen-bond donors (Lipinski definition) is 1. The zero-order valence-electron chi connectivity index (χ0n) is 14.8. The minimum Gasteiger partial charge on any atom is -0.360 e.